The number of H-pyrrole nitrogens is 3. The van der Waals surface area contributed by atoms with Crippen molar-refractivity contribution >= 4 is 71.7 Å². The van der Waals surface area contributed by atoms with Gasteiger partial charge in [0, 0.05) is 28.7 Å². The predicted molar refractivity (Wildman–Crippen MR) is 160 cm³/mol. The van der Waals surface area contributed by atoms with Crippen LogP contribution in [0.3, 0.4) is 0 Å². The number of nitrogens with one attached hydrogen (secondary N) is 3. The number of carboxylic acid groups (broad SMARTS) is 1. The number of halogens is 2. The predicted octanol–water partition coefficient (Wildman–Crippen LogP) is 6.81. The van der Waals surface area contributed by atoms with Crippen molar-refractivity contribution in [1.29, 1.82) is 0 Å². The Morgan fingerprint density at radius 3 is 2.20 bits per heavy atom. The second kappa shape index (κ2) is 9.50. The van der Waals surface area contributed by atoms with Gasteiger partial charge in [0.1, 0.15) is 34.0 Å². The van der Waals surface area contributed by atoms with E-state index in [2.05, 4.69) is 19.9 Å². The van der Waals surface area contributed by atoms with E-state index in [4.69, 9.17) is 13.3 Å². The molecule has 9 aromatic rings. The molecule has 0 saturated heterocycles. The van der Waals surface area contributed by atoms with Crippen molar-refractivity contribution in [2.75, 3.05) is 0 Å². The Morgan fingerprint density at radius 1 is 0.822 bits per heavy atom. The van der Waals surface area contributed by atoms with Crippen molar-refractivity contribution < 1.29 is 31.9 Å². The first kappa shape index (κ1) is 26.2. The molecule has 9 rings (SSSR count). The number of aromatic nitrogens is 4. The highest BCUT2D eigenvalue weighted by Crippen LogP contribution is 2.38. The van der Waals surface area contributed by atoms with Crippen molar-refractivity contribution in [2.45, 2.75) is 0 Å². The maximum atomic E-state index is 14.1. The van der Waals surface area contributed by atoms with Gasteiger partial charge < -0.3 is 33.3 Å². The number of aromatic amines is 3. The van der Waals surface area contributed by atoms with Crippen LogP contribution in [0.15, 0.2) is 96.3 Å². The number of carbonyl (C=O) groups is 1. The standard InChI is InChI=1S/C16H9FN2O4.C16H7FN2O3/c17-9-6-10-12(14-7(9)3-5-23-14)11(13(19-10)16(21)22)8-2-1-4-18-15(8)20;17-9-6-10-12(14-7(9)3-5-21-14)11-8-2-1-4-18-15(8)22-16(20)13(11)19-10/h1-6,19H,(H,18,20)(H,21,22);1-6,19H. The van der Waals surface area contributed by atoms with Gasteiger partial charge in [-0.25, -0.2) is 23.4 Å². The van der Waals surface area contributed by atoms with Crippen LogP contribution in [0.4, 0.5) is 8.78 Å². The quantitative estimate of drug-likeness (QED) is 0.166. The fourth-order valence-corrected chi connectivity index (χ4v) is 5.79. The zero-order valence-corrected chi connectivity index (χ0v) is 22.5. The summed E-state index contributed by atoms with van der Waals surface area (Å²) in [6.45, 7) is 0. The second-order valence-corrected chi connectivity index (χ2v) is 10.1. The van der Waals surface area contributed by atoms with E-state index in [0.29, 0.717) is 38.0 Å². The smallest absolute Gasteiger partial charge is 0.362 e. The van der Waals surface area contributed by atoms with Gasteiger partial charge in [0.15, 0.2) is 0 Å². The molecule has 11 nitrogen and oxygen atoms in total. The first-order chi connectivity index (χ1) is 21.8. The van der Waals surface area contributed by atoms with Crippen molar-refractivity contribution in [3.8, 4) is 11.1 Å². The number of hydrogen-bond acceptors (Lipinski definition) is 7. The van der Waals surface area contributed by atoms with Crippen LogP contribution in [-0.2, 0) is 0 Å². The number of fused-ring (bicyclic) bond motifs is 10. The second-order valence-electron chi connectivity index (χ2n) is 10.1. The van der Waals surface area contributed by atoms with Crippen LogP contribution < -0.4 is 11.2 Å². The molecule has 4 N–H and O–H groups in total. The van der Waals surface area contributed by atoms with Crippen LogP contribution in [0.25, 0.3) is 76.9 Å². The van der Waals surface area contributed by atoms with Crippen LogP contribution in [0.5, 0.6) is 0 Å². The Morgan fingerprint density at radius 2 is 1.51 bits per heavy atom. The van der Waals surface area contributed by atoms with Gasteiger partial charge >= 0.3 is 11.6 Å². The third-order valence-electron chi connectivity index (χ3n) is 7.63. The Balaban J connectivity index is 0.000000134. The zero-order valence-electron chi connectivity index (χ0n) is 22.5. The maximum Gasteiger partial charge on any atom is 0.362 e. The van der Waals surface area contributed by atoms with Gasteiger partial charge in [-0.15, -0.1) is 0 Å². The molecule has 220 valence electrons. The van der Waals surface area contributed by atoms with E-state index in [1.54, 1.807) is 30.5 Å². The fraction of sp³-hybridized carbons (Fsp3) is 0. The summed E-state index contributed by atoms with van der Waals surface area (Å²) in [4.78, 5) is 48.0. The third-order valence-corrected chi connectivity index (χ3v) is 7.63. The van der Waals surface area contributed by atoms with Gasteiger partial charge in [0.05, 0.1) is 50.7 Å². The molecule has 2 aromatic carbocycles. The molecule has 0 aliphatic carbocycles. The largest absolute Gasteiger partial charge is 0.477 e. The third kappa shape index (κ3) is 3.80. The Bertz CT molecular complexity index is 2780. The minimum Gasteiger partial charge on any atom is -0.477 e. The van der Waals surface area contributed by atoms with E-state index >= 15 is 0 Å². The Labute approximate surface area is 246 Å². The van der Waals surface area contributed by atoms with Crippen LogP contribution in [0.2, 0.25) is 0 Å². The topological polar surface area (TPSA) is 171 Å². The lowest BCUT2D eigenvalue weighted by molar-refractivity contribution is 0.0692. The summed E-state index contributed by atoms with van der Waals surface area (Å²) < 4.78 is 44.2. The lowest BCUT2D eigenvalue weighted by atomic mass is 10.0. The van der Waals surface area contributed by atoms with E-state index in [1.807, 2.05) is 0 Å². The molecule has 0 unspecified atom stereocenters. The number of carboxylic acids is 1. The molecule has 7 aromatic heterocycles. The fourth-order valence-electron chi connectivity index (χ4n) is 5.79. The molecule has 13 heteroatoms. The van der Waals surface area contributed by atoms with Gasteiger partial charge in [-0.05, 0) is 48.5 Å². The summed E-state index contributed by atoms with van der Waals surface area (Å²) >= 11 is 0. The maximum absolute atomic E-state index is 14.1. The molecule has 0 spiro atoms. The number of benzene rings is 2. The summed E-state index contributed by atoms with van der Waals surface area (Å²) in [5.41, 5.74) is 1.01. The summed E-state index contributed by atoms with van der Waals surface area (Å²) in [6.07, 6.45) is 5.74. The van der Waals surface area contributed by atoms with Crippen molar-refractivity contribution in [1.82, 2.24) is 19.9 Å². The number of pyridine rings is 2. The molecule has 0 fully saturated rings. The SMILES string of the molecule is O=C(O)c1[nH]c2cc(F)c3ccoc3c2c1-c1ccc[nH]c1=O.O=c1oc2ncccc2c2c1[nH]c1cc(F)c3ccoc3c12. The van der Waals surface area contributed by atoms with Gasteiger partial charge in [-0.3, -0.25) is 4.79 Å². The minimum absolute atomic E-state index is 0.167. The Hall–Kier alpha value is -6.50. The number of rotatable bonds is 2. The monoisotopic (exact) mass is 606 g/mol. The molecule has 0 atom stereocenters. The van der Waals surface area contributed by atoms with E-state index in [9.17, 15) is 28.3 Å². The summed E-state index contributed by atoms with van der Waals surface area (Å²) in [5, 5.41) is 12.4. The van der Waals surface area contributed by atoms with Crippen LogP contribution in [0.1, 0.15) is 10.5 Å². The summed E-state index contributed by atoms with van der Waals surface area (Å²) in [6, 6.07) is 12.2. The van der Waals surface area contributed by atoms with Crippen LogP contribution in [0, 0.1) is 11.6 Å². The normalized spacial score (nSPS) is 11.7. The molecule has 0 bridgehead atoms. The first-order valence-electron chi connectivity index (χ1n) is 13.3. The van der Waals surface area contributed by atoms with Gasteiger partial charge in [-0.2, -0.15) is 0 Å². The van der Waals surface area contributed by atoms with E-state index < -0.39 is 28.8 Å². The minimum atomic E-state index is -1.25. The van der Waals surface area contributed by atoms with E-state index in [-0.39, 0.29) is 44.5 Å². The molecule has 0 amide bonds. The molecule has 0 aliphatic heterocycles. The molecular formula is C32H16F2N4O7. The van der Waals surface area contributed by atoms with Crippen LogP contribution in [-0.4, -0.2) is 31.0 Å². The van der Waals surface area contributed by atoms with E-state index in [1.165, 1.54) is 43.0 Å². The molecule has 45 heavy (non-hydrogen) atoms. The van der Waals surface area contributed by atoms with Gasteiger partial charge in [-0.1, -0.05) is 0 Å². The van der Waals surface area contributed by atoms with Gasteiger partial charge in [0.25, 0.3) is 5.56 Å². The number of nitrogens with zero attached hydrogens (tertiary/aromatic N) is 1. The highest BCUT2D eigenvalue weighted by Gasteiger charge is 2.25. The summed E-state index contributed by atoms with van der Waals surface area (Å²) in [7, 11) is 0. The van der Waals surface area contributed by atoms with E-state index in [0.717, 1.165) is 0 Å². The number of furan rings is 2. The van der Waals surface area contributed by atoms with Crippen molar-refractivity contribution in [2.24, 2.45) is 0 Å². The molecule has 0 aliphatic rings. The Kier molecular flexibility index (Phi) is 5.52. The molecule has 7 heterocycles. The number of aromatic carboxylic acids is 1. The molecule has 0 saturated carbocycles. The molecular weight excluding hydrogens is 590 g/mol. The highest BCUT2D eigenvalue weighted by atomic mass is 19.1. The highest BCUT2D eigenvalue weighted by molar-refractivity contribution is 6.25. The summed E-state index contributed by atoms with van der Waals surface area (Å²) in [5.74, 6) is -2.19. The zero-order chi connectivity index (χ0) is 31.0. The lowest BCUT2D eigenvalue weighted by Crippen LogP contribution is -2.09. The first-order valence-corrected chi connectivity index (χ1v) is 13.3. The molecule has 0 radical (unpaired) electrons. The van der Waals surface area contributed by atoms with Crippen LogP contribution >= 0.6 is 0 Å². The van der Waals surface area contributed by atoms with Crippen molar-refractivity contribution in [3.63, 3.8) is 0 Å². The number of hydrogen-bond donors (Lipinski definition) is 4. The average Bonchev–Trinajstić information content (AvgIpc) is 3.82. The van der Waals surface area contributed by atoms with Crippen molar-refractivity contribution in [3.05, 3.63) is 112 Å². The van der Waals surface area contributed by atoms with Gasteiger partial charge in [0.2, 0.25) is 5.71 Å². The lowest BCUT2D eigenvalue weighted by Gasteiger charge is -2.02. The average molecular weight is 606 g/mol.